The lowest BCUT2D eigenvalue weighted by Gasteiger charge is -2.27. The van der Waals surface area contributed by atoms with E-state index in [1.807, 2.05) is 12.4 Å². The summed E-state index contributed by atoms with van der Waals surface area (Å²) in [5.41, 5.74) is 0. The predicted octanol–water partition coefficient (Wildman–Crippen LogP) is 1.67. The summed E-state index contributed by atoms with van der Waals surface area (Å²) >= 11 is 0. The summed E-state index contributed by atoms with van der Waals surface area (Å²) in [6.45, 7) is 0.865. The Morgan fingerprint density at radius 2 is 2.33 bits per heavy atom. The molecule has 1 aromatic rings. The first-order valence-electron chi connectivity index (χ1n) is 6.78. The van der Waals surface area contributed by atoms with Crippen molar-refractivity contribution < 1.29 is 4.79 Å². The van der Waals surface area contributed by atoms with Crippen LogP contribution in [0.3, 0.4) is 0 Å². The number of aromatic nitrogens is 2. The number of nitrogens with one attached hydrogen (secondary N) is 1. The van der Waals surface area contributed by atoms with Gasteiger partial charge in [-0.15, -0.1) is 0 Å². The van der Waals surface area contributed by atoms with Gasteiger partial charge >= 0.3 is 0 Å². The average Bonchev–Trinajstić information content (AvgIpc) is 2.87. The molecule has 18 heavy (non-hydrogen) atoms. The zero-order valence-electron chi connectivity index (χ0n) is 10.5. The number of fused-ring (bicyclic) bond motifs is 1. The van der Waals surface area contributed by atoms with Crippen LogP contribution < -0.4 is 5.32 Å². The molecule has 4 heteroatoms. The van der Waals surface area contributed by atoms with Gasteiger partial charge in [-0.3, -0.25) is 4.79 Å². The summed E-state index contributed by atoms with van der Waals surface area (Å²) < 4.78 is 2.15. The fourth-order valence-electron chi connectivity index (χ4n) is 2.84. The zero-order valence-corrected chi connectivity index (χ0v) is 10.5. The maximum absolute atomic E-state index is 12.1. The molecule has 0 bridgehead atoms. The molecule has 2 atom stereocenters. The van der Waals surface area contributed by atoms with E-state index in [1.54, 1.807) is 0 Å². The monoisotopic (exact) mass is 245 g/mol. The van der Waals surface area contributed by atoms with Gasteiger partial charge in [0.1, 0.15) is 5.82 Å². The quantitative estimate of drug-likeness (QED) is 0.806. The van der Waals surface area contributed by atoms with Crippen LogP contribution in [0, 0.1) is 5.92 Å². The van der Waals surface area contributed by atoms with Crippen molar-refractivity contribution in [2.24, 2.45) is 5.92 Å². The lowest BCUT2D eigenvalue weighted by atomic mass is 9.93. The van der Waals surface area contributed by atoms with Crippen molar-refractivity contribution in [3.63, 3.8) is 0 Å². The molecule has 1 aromatic heterocycles. The fourth-order valence-corrected chi connectivity index (χ4v) is 2.84. The van der Waals surface area contributed by atoms with E-state index in [0.29, 0.717) is 0 Å². The number of imidazole rings is 1. The smallest absolute Gasteiger partial charge is 0.223 e. The largest absolute Gasteiger partial charge is 0.351 e. The number of aryl methyl sites for hydroxylation is 1. The van der Waals surface area contributed by atoms with Gasteiger partial charge in [0.2, 0.25) is 5.91 Å². The van der Waals surface area contributed by atoms with Crippen molar-refractivity contribution in [1.82, 2.24) is 14.9 Å². The third-order valence-electron chi connectivity index (χ3n) is 3.92. The number of carbonyl (C=O) groups is 1. The molecule has 4 nitrogen and oxygen atoms in total. The van der Waals surface area contributed by atoms with Crippen LogP contribution in [-0.2, 0) is 17.8 Å². The van der Waals surface area contributed by atoms with E-state index in [-0.39, 0.29) is 17.9 Å². The number of allylic oxidation sites excluding steroid dienone is 2. The van der Waals surface area contributed by atoms with Crippen molar-refractivity contribution in [2.45, 2.75) is 44.7 Å². The molecule has 1 N–H and O–H groups in total. The van der Waals surface area contributed by atoms with E-state index in [0.717, 1.165) is 44.5 Å². The summed E-state index contributed by atoms with van der Waals surface area (Å²) in [6, 6.07) is 0.269. The minimum absolute atomic E-state index is 0.180. The molecule has 2 aliphatic rings. The summed E-state index contributed by atoms with van der Waals surface area (Å²) in [7, 11) is 0. The average molecular weight is 245 g/mol. The van der Waals surface area contributed by atoms with Crippen LogP contribution in [0.25, 0.3) is 0 Å². The second-order valence-electron chi connectivity index (χ2n) is 5.22. The molecule has 1 aliphatic heterocycles. The molecule has 0 aromatic carbocycles. The Morgan fingerprint density at radius 1 is 1.39 bits per heavy atom. The van der Waals surface area contributed by atoms with E-state index in [2.05, 4.69) is 27.0 Å². The van der Waals surface area contributed by atoms with Gasteiger partial charge in [0.25, 0.3) is 0 Å². The van der Waals surface area contributed by atoms with E-state index in [9.17, 15) is 4.79 Å². The third kappa shape index (κ3) is 2.33. The summed E-state index contributed by atoms with van der Waals surface area (Å²) in [4.78, 5) is 16.4. The topological polar surface area (TPSA) is 46.9 Å². The lowest BCUT2D eigenvalue weighted by Crippen LogP contribution is -2.43. The molecule has 0 radical (unpaired) electrons. The molecular weight excluding hydrogens is 226 g/mol. The third-order valence-corrected chi connectivity index (χ3v) is 3.92. The fraction of sp³-hybridized carbons (Fsp3) is 0.571. The van der Waals surface area contributed by atoms with E-state index >= 15 is 0 Å². The van der Waals surface area contributed by atoms with Crippen LogP contribution in [-0.4, -0.2) is 21.5 Å². The van der Waals surface area contributed by atoms with Gasteiger partial charge in [-0.25, -0.2) is 4.98 Å². The predicted molar refractivity (Wildman–Crippen MR) is 69.0 cm³/mol. The van der Waals surface area contributed by atoms with Crippen molar-refractivity contribution >= 4 is 5.91 Å². The van der Waals surface area contributed by atoms with E-state index < -0.39 is 0 Å². The standard InChI is InChI=1S/C14H19N3O/c18-14(11-4-2-1-3-5-11)16-12-6-7-13-15-8-9-17(13)10-12/h1-2,8-9,11-12H,3-7,10H2,(H,16,18)/t11-,12-/m0/s1. The molecular formula is C14H19N3O. The first-order chi connectivity index (χ1) is 8.83. The Labute approximate surface area is 107 Å². The Hall–Kier alpha value is -1.58. The number of carbonyl (C=O) groups excluding carboxylic acids is 1. The number of hydrogen-bond donors (Lipinski definition) is 1. The molecule has 0 fully saturated rings. The van der Waals surface area contributed by atoms with Gasteiger partial charge in [-0.05, 0) is 25.7 Å². The molecule has 0 saturated carbocycles. The lowest BCUT2D eigenvalue weighted by molar-refractivity contribution is -0.126. The van der Waals surface area contributed by atoms with Crippen molar-refractivity contribution in [1.29, 1.82) is 0 Å². The number of rotatable bonds is 2. The Morgan fingerprint density at radius 3 is 3.17 bits per heavy atom. The van der Waals surface area contributed by atoms with E-state index in [1.165, 1.54) is 0 Å². The highest BCUT2D eigenvalue weighted by molar-refractivity contribution is 5.79. The van der Waals surface area contributed by atoms with Crippen LogP contribution in [0.15, 0.2) is 24.5 Å². The number of amides is 1. The summed E-state index contributed by atoms with van der Waals surface area (Å²) in [5.74, 6) is 1.55. The highest BCUT2D eigenvalue weighted by Gasteiger charge is 2.24. The Kier molecular flexibility index (Phi) is 3.17. The van der Waals surface area contributed by atoms with Gasteiger partial charge in [-0.2, -0.15) is 0 Å². The normalized spacial score (nSPS) is 26.7. The van der Waals surface area contributed by atoms with Crippen LogP contribution in [0.4, 0.5) is 0 Å². The van der Waals surface area contributed by atoms with Crippen molar-refractivity contribution in [3.8, 4) is 0 Å². The minimum Gasteiger partial charge on any atom is -0.351 e. The van der Waals surface area contributed by atoms with Gasteiger partial charge < -0.3 is 9.88 Å². The summed E-state index contributed by atoms with van der Waals surface area (Å²) in [5, 5.41) is 3.20. The molecule has 0 saturated heterocycles. The Bertz CT molecular complexity index is 463. The highest BCUT2D eigenvalue weighted by atomic mass is 16.1. The van der Waals surface area contributed by atoms with Gasteiger partial charge in [0.15, 0.2) is 0 Å². The molecule has 96 valence electrons. The minimum atomic E-state index is 0.180. The zero-order chi connectivity index (χ0) is 12.4. The maximum atomic E-state index is 12.1. The molecule has 3 rings (SSSR count). The molecule has 0 spiro atoms. The Balaban J connectivity index is 1.57. The van der Waals surface area contributed by atoms with Crippen molar-refractivity contribution in [2.75, 3.05) is 0 Å². The van der Waals surface area contributed by atoms with Gasteiger partial charge in [0, 0.05) is 37.3 Å². The SMILES string of the molecule is O=C(N[C@H]1CCc2nccn2C1)[C@H]1CC=CCC1. The van der Waals surface area contributed by atoms with Crippen LogP contribution >= 0.6 is 0 Å². The first-order valence-corrected chi connectivity index (χ1v) is 6.78. The van der Waals surface area contributed by atoms with Gasteiger partial charge in [0.05, 0.1) is 0 Å². The highest BCUT2D eigenvalue weighted by Crippen LogP contribution is 2.19. The second-order valence-corrected chi connectivity index (χ2v) is 5.22. The maximum Gasteiger partial charge on any atom is 0.223 e. The van der Waals surface area contributed by atoms with E-state index in [4.69, 9.17) is 0 Å². The number of nitrogens with zero attached hydrogens (tertiary/aromatic N) is 2. The van der Waals surface area contributed by atoms with Crippen LogP contribution in [0.5, 0.6) is 0 Å². The number of hydrogen-bond acceptors (Lipinski definition) is 2. The van der Waals surface area contributed by atoms with Crippen LogP contribution in [0.2, 0.25) is 0 Å². The van der Waals surface area contributed by atoms with Crippen LogP contribution in [0.1, 0.15) is 31.5 Å². The molecule has 2 heterocycles. The second kappa shape index (κ2) is 4.96. The first kappa shape index (κ1) is 11.5. The molecule has 1 aliphatic carbocycles. The summed E-state index contributed by atoms with van der Waals surface area (Å²) in [6.07, 6.45) is 13.0. The van der Waals surface area contributed by atoms with Crippen molar-refractivity contribution in [3.05, 3.63) is 30.4 Å². The van der Waals surface area contributed by atoms with Gasteiger partial charge in [-0.1, -0.05) is 12.2 Å². The molecule has 1 amide bonds. The molecule has 0 unspecified atom stereocenters.